The van der Waals surface area contributed by atoms with E-state index >= 15 is 0 Å². The summed E-state index contributed by atoms with van der Waals surface area (Å²) in [6.45, 7) is 2.71. The Balaban J connectivity index is 1.79. The minimum absolute atomic E-state index is 0.0523. The molecule has 0 amide bonds. The molecule has 0 aromatic heterocycles. The largest absolute Gasteiger partial charge is 0.411 e. The molecule has 1 aliphatic carbocycles. The number of rotatable bonds is 5. The van der Waals surface area contributed by atoms with Crippen molar-refractivity contribution < 1.29 is 9.94 Å². The van der Waals surface area contributed by atoms with E-state index in [4.69, 9.17) is 9.94 Å². The minimum atomic E-state index is -0.0523. The fraction of sp³-hybridized carbons (Fsp3) is 0.786. The van der Waals surface area contributed by atoms with Crippen LogP contribution in [0.15, 0.2) is 17.6 Å². The van der Waals surface area contributed by atoms with Gasteiger partial charge in [0, 0.05) is 19.4 Å². The van der Waals surface area contributed by atoms with Crippen LogP contribution in [0.3, 0.4) is 0 Å². The minimum Gasteiger partial charge on any atom is -0.411 e. The number of hydrogen-bond donors (Lipinski definition) is 1. The molecule has 1 N–H and O–H groups in total. The monoisotopic (exact) mass is 267 g/mol. The van der Waals surface area contributed by atoms with E-state index in [0.717, 1.165) is 0 Å². The molecule has 5 heteroatoms. The molecular weight excluding hydrogens is 242 g/mol. The second kappa shape index (κ2) is 6.80. The van der Waals surface area contributed by atoms with Gasteiger partial charge in [0.25, 0.3) is 0 Å². The highest BCUT2D eigenvalue weighted by atomic mass is 16.5. The maximum Gasteiger partial charge on any atom is 0.142 e. The van der Waals surface area contributed by atoms with E-state index in [2.05, 4.69) is 12.1 Å². The molecule has 1 heterocycles. The van der Waals surface area contributed by atoms with Crippen LogP contribution in [0.25, 0.3) is 0 Å². The lowest BCUT2D eigenvalue weighted by Gasteiger charge is -2.31. The third-order valence-corrected chi connectivity index (χ3v) is 4.25. The van der Waals surface area contributed by atoms with Gasteiger partial charge in [0.1, 0.15) is 12.9 Å². The first-order chi connectivity index (χ1) is 9.22. The second-order valence-corrected chi connectivity index (χ2v) is 5.55. The van der Waals surface area contributed by atoms with Gasteiger partial charge in [-0.3, -0.25) is 0 Å². The van der Waals surface area contributed by atoms with Crippen molar-refractivity contribution >= 4 is 6.21 Å². The third-order valence-electron chi connectivity index (χ3n) is 4.25. The molecule has 19 heavy (non-hydrogen) atoms. The van der Waals surface area contributed by atoms with E-state index in [1.54, 1.807) is 0 Å². The van der Waals surface area contributed by atoms with Gasteiger partial charge in [-0.1, -0.05) is 24.4 Å². The molecule has 0 saturated heterocycles. The molecule has 2 aliphatic rings. The average molecular weight is 267 g/mol. The van der Waals surface area contributed by atoms with Gasteiger partial charge in [0.2, 0.25) is 0 Å². The van der Waals surface area contributed by atoms with Crippen molar-refractivity contribution in [1.29, 1.82) is 0 Å². The summed E-state index contributed by atoms with van der Waals surface area (Å²) >= 11 is 0. The molecule has 0 radical (unpaired) electrons. The Labute approximate surface area is 115 Å². The summed E-state index contributed by atoms with van der Waals surface area (Å²) in [5.74, 6) is 0.697. The van der Waals surface area contributed by atoms with Crippen LogP contribution in [0.5, 0.6) is 0 Å². The molecule has 1 aliphatic heterocycles. The van der Waals surface area contributed by atoms with Crippen molar-refractivity contribution in [3.63, 3.8) is 0 Å². The molecule has 2 rings (SSSR count). The Morgan fingerprint density at radius 1 is 1.37 bits per heavy atom. The fourth-order valence-electron chi connectivity index (χ4n) is 2.91. The van der Waals surface area contributed by atoms with Crippen molar-refractivity contribution in [2.75, 3.05) is 13.8 Å². The van der Waals surface area contributed by atoms with Crippen molar-refractivity contribution in [3.05, 3.63) is 12.4 Å². The first-order valence-corrected chi connectivity index (χ1v) is 7.17. The average Bonchev–Trinajstić information content (AvgIpc) is 2.79. The van der Waals surface area contributed by atoms with Crippen LogP contribution in [0.1, 0.15) is 39.0 Å². The van der Waals surface area contributed by atoms with Gasteiger partial charge in [0.05, 0.1) is 12.3 Å². The van der Waals surface area contributed by atoms with Crippen LogP contribution in [0.4, 0.5) is 0 Å². The smallest absolute Gasteiger partial charge is 0.142 e. The summed E-state index contributed by atoms with van der Waals surface area (Å²) in [5.41, 5.74) is 0. The Hall–Kier alpha value is -1.23. The molecule has 108 valence electrons. The summed E-state index contributed by atoms with van der Waals surface area (Å²) in [4.78, 5) is 4.01. The van der Waals surface area contributed by atoms with E-state index in [0.29, 0.717) is 18.8 Å². The zero-order chi connectivity index (χ0) is 13.7. The van der Waals surface area contributed by atoms with Crippen molar-refractivity contribution in [3.8, 4) is 0 Å². The van der Waals surface area contributed by atoms with Gasteiger partial charge in [0.15, 0.2) is 0 Å². The maximum absolute atomic E-state index is 8.69. The molecular formula is C14H25N3O2. The molecule has 1 saturated carbocycles. The molecule has 0 aromatic rings. The summed E-state index contributed by atoms with van der Waals surface area (Å²) in [7, 11) is 1.95. The zero-order valence-electron chi connectivity index (χ0n) is 11.9. The van der Waals surface area contributed by atoms with Crippen LogP contribution in [0.2, 0.25) is 0 Å². The van der Waals surface area contributed by atoms with Gasteiger partial charge in [-0.2, -0.15) is 0 Å². The third kappa shape index (κ3) is 3.62. The molecule has 1 fully saturated rings. The van der Waals surface area contributed by atoms with Gasteiger partial charge < -0.3 is 19.7 Å². The van der Waals surface area contributed by atoms with Crippen molar-refractivity contribution in [2.24, 2.45) is 11.1 Å². The second-order valence-electron chi connectivity index (χ2n) is 5.55. The maximum atomic E-state index is 8.69. The van der Waals surface area contributed by atoms with E-state index in [9.17, 15) is 0 Å². The lowest BCUT2D eigenvalue weighted by Crippen LogP contribution is -2.40. The topological polar surface area (TPSA) is 48.3 Å². The van der Waals surface area contributed by atoms with Crippen molar-refractivity contribution in [2.45, 2.75) is 51.3 Å². The normalized spacial score (nSPS) is 26.5. The van der Waals surface area contributed by atoms with E-state index < -0.39 is 0 Å². The lowest BCUT2D eigenvalue weighted by molar-refractivity contribution is -0.0414. The van der Waals surface area contributed by atoms with Crippen LogP contribution in [-0.4, -0.2) is 47.3 Å². The Morgan fingerprint density at radius 3 is 2.79 bits per heavy atom. The van der Waals surface area contributed by atoms with Gasteiger partial charge in [-0.05, 0) is 25.7 Å². The Morgan fingerprint density at radius 2 is 2.11 bits per heavy atom. The highest BCUT2D eigenvalue weighted by Crippen LogP contribution is 2.28. The Bertz CT molecular complexity index is 327. The standard InChI is InChI=1S/C14H25N3O2/c1-12(13-6-4-3-5-7-13)19-11-17-9-8-16(2)14(17)10-15-18/h8-10,12-14,18H,3-7,11H2,1-2H3/b15-10-. The van der Waals surface area contributed by atoms with Gasteiger partial charge in [-0.15, -0.1) is 0 Å². The molecule has 0 aromatic carbocycles. The predicted octanol–water partition coefficient (Wildman–Crippen LogP) is 2.43. The van der Waals surface area contributed by atoms with Crippen LogP contribution < -0.4 is 0 Å². The molecule has 5 nitrogen and oxygen atoms in total. The number of ether oxygens (including phenoxy) is 1. The fourth-order valence-corrected chi connectivity index (χ4v) is 2.91. The predicted molar refractivity (Wildman–Crippen MR) is 74.8 cm³/mol. The summed E-state index contributed by atoms with van der Waals surface area (Å²) in [6.07, 6.45) is 12.3. The molecule has 2 unspecified atom stereocenters. The highest BCUT2D eigenvalue weighted by Gasteiger charge is 2.25. The zero-order valence-corrected chi connectivity index (χ0v) is 11.9. The Kier molecular flexibility index (Phi) is 5.07. The number of hydrogen-bond acceptors (Lipinski definition) is 5. The summed E-state index contributed by atoms with van der Waals surface area (Å²) in [6, 6.07) is 0. The summed E-state index contributed by atoms with van der Waals surface area (Å²) in [5, 5.41) is 11.8. The molecule has 0 spiro atoms. The summed E-state index contributed by atoms with van der Waals surface area (Å²) < 4.78 is 5.99. The van der Waals surface area contributed by atoms with E-state index in [-0.39, 0.29) is 6.17 Å². The van der Waals surface area contributed by atoms with E-state index in [1.807, 2.05) is 29.2 Å². The van der Waals surface area contributed by atoms with Crippen molar-refractivity contribution in [1.82, 2.24) is 9.80 Å². The van der Waals surface area contributed by atoms with E-state index in [1.165, 1.54) is 38.3 Å². The van der Waals surface area contributed by atoms with Crippen LogP contribution >= 0.6 is 0 Å². The van der Waals surface area contributed by atoms with Crippen LogP contribution in [-0.2, 0) is 4.74 Å². The molecule has 2 atom stereocenters. The SMILES string of the molecule is CC(OCN1C=CN(C)C1/C=N\O)C1CCCCC1. The quantitative estimate of drug-likeness (QED) is 0.472. The molecule has 0 bridgehead atoms. The first-order valence-electron chi connectivity index (χ1n) is 7.17. The van der Waals surface area contributed by atoms with Gasteiger partial charge in [-0.25, -0.2) is 0 Å². The highest BCUT2D eigenvalue weighted by molar-refractivity contribution is 5.64. The van der Waals surface area contributed by atoms with Crippen LogP contribution in [0, 0.1) is 5.92 Å². The first kappa shape index (κ1) is 14.2. The lowest BCUT2D eigenvalue weighted by atomic mass is 9.86. The van der Waals surface area contributed by atoms with Gasteiger partial charge >= 0.3 is 0 Å². The number of oxime groups is 1. The number of nitrogens with zero attached hydrogens (tertiary/aromatic N) is 3.